The summed E-state index contributed by atoms with van der Waals surface area (Å²) in [7, 11) is 2.08. The van der Waals surface area contributed by atoms with Gasteiger partial charge >= 0.3 is 0 Å². The minimum atomic E-state index is 0.822. The molecule has 0 atom stereocenters. The van der Waals surface area contributed by atoms with Crippen molar-refractivity contribution >= 4 is 17.1 Å². The molecule has 2 N–H and O–H groups in total. The van der Waals surface area contributed by atoms with Gasteiger partial charge in [-0.25, -0.2) is 0 Å². The Kier molecular flexibility index (Phi) is 3.16. The molecule has 0 fully saturated rings. The average molecular weight is 252 g/mol. The lowest BCUT2D eigenvalue weighted by molar-refractivity contribution is 0.685. The minimum absolute atomic E-state index is 0.822. The van der Waals surface area contributed by atoms with E-state index < -0.39 is 0 Å². The first-order valence-corrected chi connectivity index (χ1v) is 6.96. The summed E-state index contributed by atoms with van der Waals surface area (Å²) in [6, 6.07) is 14.8. The Balaban J connectivity index is 1.96. The Bertz CT molecular complexity index is 590. The summed E-state index contributed by atoms with van der Waals surface area (Å²) in [5.74, 6) is 0. The van der Waals surface area contributed by atoms with Crippen molar-refractivity contribution < 1.29 is 0 Å². The monoisotopic (exact) mass is 252 g/mol. The third-order valence-electron chi connectivity index (χ3n) is 4.02. The Morgan fingerprint density at radius 1 is 0.947 bits per heavy atom. The Hall–Kier alpha value is -1.96. The zero-order valence-corrected chi connectivity index (χ0v) is 11.4. The number of fused-ring (bicyclic) bond motifs is 1. The van der Waals surface area contributed by atoms with E-state index in [2.05, 4.69) is 36.2 Å². The molecule has 3 rings (SSSR count). The Morgan fingerprint density at radius 2 is 1.68 bits per heavy atom. The molecule has 0 aromatic heterocycles. The van der Waals surface area contributed by atoms with Crippen LogP contribution in [0.1, 0.15) is 24.0 Å². The molecular weight excluding hydrogens is 232 g/mol. The van der Waals surface area contributed by atoms with Crippen LogP contribution in [0, 0.1) is 0 Å². The number of nitrogens with two attached hydrogens (primary N) is 1. The molecule has 1 aliphatic rings. The van der Waals surface area contributed by atoms with Crippen LogP contribution >= 0.6 is 0 Å². The normalized spacial score (nSPS) is 13.9. The number of rotatable bonds is 2. The first-order valence-electron chi connectivity index (χ1n) is 6.96. The smallest absolute Gasteiger partial charge is 0.0641 e. The van der Waals surface area contributed by atoms with E-state index in [1.807, 2.05) is 18.2 Å². The van der Waals surface area contributed by atoms with Gasteiger partial charge in [-0.15, -0.1) is 0 Å². The fourth-order valence-electron chi connectivity index (χ4n) is 2.86. The van der Waals surface area contributed by atoms with E-state index in [9.17, 15) is 0 Å². The number of para-hydroxylation sites is 2. The van der Waals surface area contributed by atoms with Crippen molar-refractivity contribution in [2.45, 2.75) is 25.7 Å². The second-order valence-corrected chi connectivity index (χ2v) is 5.28. The number of aryl methyl sites for hydroxylation is 2. The molecule has 0 aliphatic heterocycles. The van der Waals surface area contributed by atoms with E-state index in [1.54, 1.807) is 0 Å². The SMILES string of the molecule is CN(c1ccc2c(c1)CCCC2)c1ccccc1N. The predicted octanol–water partition coefficient (Wildman–Crippen LogP) is 3.92. The molecule has 0 unspecified atom stereocenters. The average Bonchev–Trinajstić information content (AvgIpc) is 2.46. The second kappa shape index (κ2) is 4.96. The van der Waals surface area contributed by atoms with Gasteiger partial charge in [0.25, 0.3) is 0 Å². The predicted molar refractivity (Wildman–Crippen MR) is 82.0 cm³/mol. The lowest BCUT2D eigenvalue weighted by atomic mass is 9.91. The summed E-state index contributed by atoms with van der Waals surface area (Å²) in [5.41, 5.74) is 12.2. The summed E-state index contributed by atoms with van der Waals surface area (Å²) in [5, 5.41) is 0. The van der Waals surface area contributed by atoms with E-state index in [1.165, 1.54) is 42.5 Å². The van der Waals surface area contributed by atoms with Crippen LogP contribution in [0.25, 0.3) is 0 Å². The van der Waals surface area contributed by atoms with Gasteiger partial charge in [0.15, 0.2) is 0 Å². The fraction of sp³-hybridized carbons (Fsp3) is 0.294. The topological polar surface area (TPSA) is 29.3 Å². The largest absolute Gasteiger partial charge is 0.397 e. The standard InChI is InChI=1S/C17H20N2/c1-19(17-9-5-4-8-16(17)18)15-11-10-13-6-2-3-7-14(13)12-15/h4-5,8-12H,2-3,6-7,18H2,1H3. The van der Waals surface area contributed by atoms with E-state index >= 15 is 0 Å². The number of benzene rings is 2. The maximum Gasteiger partial charge on any atom is 0.0641 e. The van der Waals surface area contributed by atoms with Gasteiger partial charge in [0.1, 0.15) is 0 Å². The van der Waals surface area contributed by atoms with Crippen molar-refractivity contribution in [3.05, 3.63) is 53.6 Å². The van der Waals surface area contributed by atoms with Gasteiger partial charge < -0.3 is 10.6 Å². The zero-order valence-electron chi connectivity index (χ0n) is 11.4. The van der Waals surface area contributed by atoms with Crippen molar-refractivity contribution in [3.63, 3.8) is 0 Å². The van der Waals surface area contributed by atoms with Crippen LogP contribution in [-0.2, 0) is 12.8 Å². The third-order valence-corrected chi connectivity index (χ3v) is 4.02. The molecular formula is C17H20N2. The van der Waals surface area contributed by atoms with Gasteiger partial charge in [0.2, 0.25) is 0 Å². The van der Waals surface area contributed by atoms with E-state index in [0.29, 0.717) is 0 Å². The lowest BCUT2D eigenvalue weighted by Gasteiger charge is -2.24. The van der Waals surface area contributed by atoms with Gasteiger partial charge in [-0.3, -0.25) is 0 Å². The van der Waals surface area contributed by atoms with Crippen LogP contribution in [-0.4, -0.2) is 7.05 Å². The van der Waals surface area contributed by atoms with Crippen molar-refractivity contribution in [3.8, 4) is 0 Å². The fourth-order valence-corrected chi connectivity index (χ4v) is 2.86. The highest BCUT2D eigenvalue weighted by Crippen LogP contribution is 2.31. The van der Waals surface area contributed by atoms with Gasteiger partial charge in [-0.1, -0.05) is 18.2 Å². The maximum absolute atomic E-state index is 6.05. The number of hydrogen-bond donors (Lipinski definition) is 1. The molecule has 2 nitrogen and oxygen atoms in total. The molecule has 19 heavy (non-hydrogen) atoms. The Morgan fingerprint density at radius 3 is 2.47 bits per heavy atom. The third kappa shape index (κ3) is 2.30. The zero-order chi connectivity index (χ0) is 13.2. The minimum Gasteiger partial charge on any atom is -0.397 e. The van der Waals surface area contributed by atoms with Crippen LogP contribution in [0.15, 0.2) is 42.5 Å². The summed E-state index contributed by atoms with van der Waals surface area (Å²) < 4.78 is 0. The highest BCUT2D eigenvalue weighted by atomic mass is 15.1. The molecule has 0 spiro atoms. The van der Waals surface area contributed by atoms with Crippen LogP contribution in [0.2, 0.25) is 0 Å². The summed E-state index contributed by atoms with van der Waals surface area (Å²) in [6.07, 6.45) is 5.08. The lowest BCUT2D eigenvalue weighted by Crippen LogP contribution is -2.13. The molecule has 2 aromatic carbocycles. The van der Waals surface area contributed by atoms with Crippen LogP contribution < -0.4 is 10.6 Å². The van der Waals surface area contributed by atoms with Crippen molar-refractivity contribution in [2.24, 2.45) is 0 Å². The molecule has 0 amide bonds. The van der Waals surface area contributed by atoms with E-state index in [0.717, 1.165) is 11.4 Å². The second-order valence-electron chi connectivity index (χ2n) is 5.28. The van der Waals surface area contributed by atoms with E-state index in [4.69, 9.17) is 5.73 Å². The van der Waals surface area contributed by atoms with Crippen molar-refractivity contribution in [1.82, 2.24) is 0 Å². The molecule has 2 heteroatoms. The molecule has 0 radical (unpaired) electrons. The Labute approximate surface area is 114 Å². The van der Waals surface area contributed by atoms with E-state index in [-0.39, 0.29) is 0 Å². The summed E-state index contributed by atoms with van der Waals surface area (Å²) >= 11 is 0. The van der Waals surface area contributed by atoms with Crippen LogP contribution in [0.5, 0.6) is 0 Å². The quantitative estimate of drug-likeness (QED) is 0.821. The molecule has 0 saturated heterocycles. The van der Waals surface area contributed by atoms with Crippen molar-refractivity contribution in [2.75, 3.05) is 17.7 Å². The molecule has 2 aromatic rings. The number of anilines is 3. The molecule has 0 saturated carbocycles. The van der Waals surface area contributed by atoms with Gasteiger partial charge in [-0.2, -0.15) is 0 Å². The highest BCUT2D eigenvalue weighted by molar-refractivity contribution is 5.74. The van der Waals surface area contributed by atoms with Gasteiger partial charge in [0, 0.05) is 12.7 Å². The number of nitrogens with zero attached hydrogens (tertiary/aromatic N) is 1. The number of nitrogen functional groups attached to an aromatic ring is 1. The van der Waals surface area contributed by atoms with Crippen molar-refractivity contribution in [1.29, 1.82) is 0 Å². The summed E-state index contributed by atoms with van der Waals surface area (Å²) in [4.78, 5) is 2.17. The highest BCUT2D eigenvalue weighted by Gasteiger charge is 2.12. The first kappa shape index (κ1) is 12.1. The van der Waals surface area contributed by atoms with Crippen LogP contribution in [0.3, 0.4) is 0 Å². The first-order chi connectivity index (χ1) is 9.25. The maximum atomic E-state index is 6.05. The summed E-state index contributed by atoms with van der Waals surface area (Å²) in [6.45, 7) is 0. The van der Waals surface area contributed by atoms with Crippen LogP contribution in [0.4, 0.5) is 17.1 Å². The molecule has 0 bridgehead atoms. The molecule has 98 valence electrons. The van der Waals surface area contributed by atoms with Gasteiger partial charge in [0.05, 0.1) is 11.4 Å². The molecule has 0 heterocycles. The molecule has 1 aliphatic carbocycles. The number of hydrogen-bond acceptors (Lipinski definition) is 2. The van der Waals surface area contributed by atoms with Gasteiger partial charge in [-0.05, 0) is 61.1 Å².